The van der Waals surface area contributed by atoms with E-state index in [0.717, 1.165) is 28.8 Å². The Balaban J connectivity index is 1.71. The molecule has 1 N–H and O–H groups in total. The Hall–Kier alpha value is -2.27. The van der Waals surface area contributed by atoms with Crippen molar-refractivity contribution in [3.05, 3.63) is 54.1 Å². The first kappa shape index (κ1) is 17.5. The molecule has 2 atom stereocenters. The average Bonchev–Trinajstić information content (AvgIpc) is 3.03. The smallest absolute Gasteiger partial charge is 0.257 e. The van der Waals surface area contributed by atoms with Gasteiger partial charge in [-0.25, -0.2) is 4.98 Å². The molecule has 1 heterocycles. The number of benzene rings is 2. The Morgan fingerprint density at radius 1 is 1.16 bits per heavy atom. The summed E-state index contributed by atoms with van der Waals surface area (Å²) < 4.78 is 5.69. The molecular weight excluding hydrogens is 332 g/mol. The number of oxazole rings is 1. The molecule has 1 aromatic heterocycles. The number of anilines is 1. The highest BCUT2D eigenvalue weighted by Crippen LogP contribution is 2.29. The number of thioether (sulfide) groups is 1. The summed E-state index contributed by atoms with van der Waals surface area (Å²) in [7, 11) is 0. The summed E-state index contributed by atoms with van der Waals surface area (Å²) in [4.78, 5) is 17.0. The zero-order chi connectivity index (χ0) is 17.8. The van der Waals surface area contributed by atoms with Crippen molar-refractivity contribution < 1.29 is 9.21 Å². The number of nitrogens with one attached hydrogen (secondary N) is 1. The van der Waals surface area contributed by atoms with Crippen LogP contribution in [-0.2, 0) is 4.79 Å². The van der Waals surface area contributed by atoms with Gasteiger partial charge in [0, 0.05) is 5.69 Å². The third-order valence-electron chi connectivity index (χ3n) is 4.28. The van der Waals surface area contributed by atoms with Gasteiger partial charge in [-0.1, -0.05) is 55.9 Å². The van der Waals surface area contributed by atoms with Crippen molar-refractivity contribution in [1.29, 1.82) is 0 Å². The van der Waals surface area contributed by atoms with Gasteiger partial charge in [0.05, 0.1) is 5.25 Å². The summed E-state index contributed by atoms with van der Waals surface area (Å²) in [5.41, 5.74) is 3.59. The van der Waals surface area contributed by atoms with E-state index in [-0.39, 0.29) is 11.2 Å². The van der Waals surface area contributed by atoms with Crippen LogP contribution in [0.4, 0.5) is 5.69 Å². The van der Waals surface area contributed by atoms with Gasteiger partial charge < -0.3 is 9.73 Å². The fourth-order valence-corrected chi connectivity index (χ4v) is 3.36. The van der Waals surface area contributed by atoms with Gasteiger partial charge in [-0.15, -0.1) is 0 Å². The first-order chi connectivity index (χ1) is 12.1. The third kappa shape index (κ3) is 4.04. The van der Waals surface area contributed by atoms with E-state index in [2.05, 4.69) is 30.2 Å². The van der Waals surface area contributed by atoms with E-state index in [9.17, 15) is 4.79 Å². The normalized spacial score (nSPS) is 13.6. The Morgan fingerprint density at radius 3 is 2.64 bits per heavy atom. The molecule has 3 rings (SSSR count). The lowest BCUT2D eigenvalue weighted by atomic mass is 9.97. The number of amides is 1. The molecule has 3 aromatic rings. The maximum atomic E-state index is 12.6. The van der Waals surface area contributed by atoms with Gasteiger partial charge in [-0.05, 0) is 43.0 Å². The first-order valence-corrected chi connectivity index (χ1v) is 9.38. The molecule has 0 aliphatic rings. The lowest BCUT2D eigenvalue weighted by Crippen LogP contribution is -2.23. The summed E-state index contributed by atoms with van der Waals surface area (Å²) >= 11 is 1.33. The van der Waals surface area contributed by atoms with Crippen LogP contribution >= 0.6 is 11.8 Å². The molecule has 25 heavy (non-hydrogen) atoms. The summed E-state index contributed by atoms with van der Waals surface area (Å²) in [6.45, 7) is 6.18. The molecule has 0 spiro atoms. The van der Waals surface area contributed by atoms with Gasteiger partial charge in [-0.2, -0.15) is 0 Å². The van der Waals surface area contributed by atoms with Crippen LogP contribution in [0.3, 0.4) is 0 Å². The number of hydrogen-bond acceptors (Lipinski definition) is 4. The predicted octanol–water partition coefficient (Wildman–Crippen LogP) is 5.46. The van der Waals surface area contributed by atoms with Gasteiger partial charge in [0.25, 0.3) is 5.22 Å². The van der Waals surface area contributed by atoms with Gasteiger partial charge >= 0.3 is 0 Å². The highest BCUT2D eigenvalue weighted by Gasteiger charge is 2.19. The van der Waals surface area contributed by atoms with E-state index in [1.807, 2.05) is 49.4 Å². The lowest BCUT2D eigenvalue weighted by Gasteiger charge is -2.17. The fraction of sp³-hybridized carbons (Fsp3) is 0.300. The molecule has 0 fully saturated rings. The molecule has 1 amide bonds. The highest BCUT2D eigenvalue weighted by atomic mass is 32.2. The number of nitrogens with zero attached hydrogens (tertiary/aromatic N) is 1. The van der Waals surface area contributed by atoms with Crippen LogP contribution in [0.2, 0.25) is 0 Å². The molecule has 0 saturated heterocycles. The van der Waals surface area contributed by atoms with Crippen LogP contribution < -0.4 is 5.32 Å². The van der Waals surface area contributed by atoms with E-state index in [0.29, 0.717) is 11.1 Å². The van der Waals surface area contributed by atoms with Crippen molar-refractivity contribution in [3.63, 3.8) is 0 Å². The minimum atomic E-state index is -0.307. The maximum Gasteiger partial charge on any atom is 0.257 e. The number of para-hydroxylation sites is 3. The van der Waals surface area contributed by atoms with E-state index in [4.69, 9.17) is 4.42 Å². The van der Waals surface area contributed by atoms with E-state index >= 15 is 0 Å². The van der Waals surface area contributed by atoms with Gasteiger partial charge in [0.1, 0.15) is 5.52 Å². The zero-order valence-electron chi connectivity index (χ0n) is 14.7. The van der Waals surface area contributed by atoms with Crippen LogP contribution in [0.1, 0.15) is 38.7 Å². The van der Waals surface area contributed by atoms with Crippen molar-refractivity contribution in [1.82, 2.24) is 4.98 Å². The predicted molar refractivity (Wildman–Crippen MR) is 103 cm³/mol. The summed E-state index contributed by atoms with van der Waals surface area (Å²) in [5.74, 6) is 0.347. The van der Waals surface area contributed by atoms with Crippen LogP contribution in [0.5, 0.6) is 0 Å². The summed E-state index contributed by atoms with van der Waals surface area (Å²) in [6.07, 6.45) is 1.03. The molecule has 130 valence electrons. The quantitative estimate of drug-likeness (QED) is 0.597. The van der Waals surface area contributed by atoms with Crippen molar-refractivity contribution in [3.8, 4) is 0 Å². The molecular formula is C20H22N2O2S. The summed E-state index contributed by atoms with van der Waals surface area (Å²) in [6, 6.07) is 15.6. The zero-order valence-corrected chi connectivity index (χ0v) is 15.5. The standard InChI is InChI=1S/C20H22N2O2S/c1-4-13(2)15-9-5-6-10-16(15)21-19(23)14(3)25-20-22-17-11-7-8-12-18(17)24-20/h5-14H,4H2,1-3H3,(H,21,23). The molecule has 0 bridgehead atoms. The number of carbonyl (C=O) groups is 1. The lowest BCUT2D eigenvalue weighted by molar-refractivity contribution is -0.115. The molecule has 2 aromatic carbocycles. The molecule has 0 radical (unpaired) electrons. The SMILES string of the molecule is CCC(C)c1ccccc1NC(=O)C(C)Sc1nc2ccccc2o1. The van der Waals surface area contributed by atoms with Crippen molar-refractivity contribution >= 4 is 34.5 Å². The van der Waals surface area contributed by atoms with E-state index in [1.54, 1.807) is 0 Å². The minimum absolute atomic E-state index is 0.0528. The molecule has 0 aliphatic carbocycles. The maximum absolute atomic E-state index is 12.6. The monoisotopic (exact) mass is 354 g/mol. The van der Waals surface area contributed by atoms with Crippen LogP contribution in [-0.4, -0.2) is 16.1 Å². The van der Waals surface area contributed by atoms with Gasteiger partial charge in [0.15, 0.2) is 5.58 Å². The molecule has 4 nitrogen and oxygen atoms in total. The van der Waals surface area contributed by atoms with Crippen LogP contribution in [0, 0.1) is 0 Å². The van der Waals surface area contributed by atoms with Crippen LogP contribution in [0.25, 0.3) is 11.1 Å². The number of fused-ring (bicyclic) bond motifs is 1. The second-order valence-electron chi connectivity index (χ2n) is 6.09. The first-order valence-electron chi connectivity index (χ1n) is 8.50. The molecule has 0 aliphatic heterocycles. The highest BCUT2D eigenvalue weighted by molar-refractivity contribution is 8.00. The van der Waals surface area contributed by atoms with Gasteiger partial charge in [-0.3, -0.25) is 4.79 Å². The fourth-order valence-electron chi connectivity index (χ4n) is 2.60. The second kappa shape index (κ2) is 7.74. The number of hydrogen-bond donors (Lipinski definition) is 1. The largest absolute Gasteiger partial charge is 0.431 e. The molecule has 2 unspecified atom stereocenters. The van der Waals surface area contributed by atoms with Crippen molar-refractivity contribution in [2.75, 3.05) is 5.32 Å². The third-order valence-corrected chi connectivity index (χ3v) is 5.23. The van der Waals surface area contributed by atoms with E-state index < -0.39 is 0 Å². The molecule has 5 heteroatoms. The number of aromatic nitrogens is 1. The molecule has 0 saturated carbocycles. The summed E-state index contributed by atoms with van der Waals surface area (Å²) in [5, 5.41) is 3.26. The van der Waals surface area contributed by atoms with Gasteiger partial charge in [0.2, 0.25) is 5.91 Å². The topological polar surface area (TPSA) is 55.1 Å². The Labute approximate surface area is 152 Å². The van der Waals surface area contributed by atoms with Crippen molar-refractivity contribution in [2.24, 2.45) is 0 Å². The second-order valence-corrected chi connectivity index (χ2v) is 7.39. The van der Waals surface area contributed by atoms with Crippen LogP contribution in [0.15, 0.2) is 58.2 Å². The van der Waals surface area contributed by atoms with Crippen molar-refractivity contribution in [2.45, 2.75) is 43.6 Å². The Morgan fingerprint density at radius 2 is 1.88 bits per heavy atom. The Kier molecular flexibility index (Phi) is 5.43. The number of rotatable bonds is 6. The minimum Gasteiger partial charge on any atom is -0.431 e. The number of carbonyl (C=O) groups excluding carboxylic acids is 1. The average molecular weight is 354 g/mol. The Bertz CT molecular complexity index is 842. The van der Waals surface area contributed by atoms with E-state index in [1.165, 1.54) is 11.8 Å².